The molecule has 1 saturated heterocycles. The lowest BCUT2D eigenvalue weighted by Crippen LogP contribution is -2.47. The molecule has 1 heterocycles. The van der Waals surface area contributed by atoms with Crippen LogP contribution in [0.15, 0.2) is 33.6 Å². The third kappa shape index (κ3) is 4.26. The van der Waals surface area contributed by atoms with Gasteiger partial charge in [0.1, 0.15) is 0 Å². The highest BCUT2D eigenvalue weighted by molar-refractivity contribution is 9.10. The molecule has 1 aliphatic rings. The van der Waals surface area contributed by atoms with E-state index < -0.39 is 10.0 Å². The first-order valence-corrected chi connectivity index (χ1v) is 8.88. The van der Waals surface area contributed by atoms with Gasteiger partial charge in [0.2, 0.25) is 10.0 Å². The average Bonchev–Trinajstić information content (AvgIpc) is 2.46. The number of likely N-dealkylation sites (N-methyl/N-ethyl adjacent to an activating group) is 1. The van der Waals surface area contributed by atoms with Crippen molar-refractivity contribution in [2.75, 3.05) is 32.8 Å². The maximum Gasteiger partial charge on any atom is 0.240 e. The van der Waals surface area contributed by atoms with E-state index in [4.69, 9.17) is 4.74 Å². The summed E-state index contributed by atoms with van der Waals surface area (Å²) in [5.74, 6) is 0. The van der Waals surface area contributed by atoms with E-state index in [2.05, 4.69) is 32.5 Å². The number of morpholine rings is 1. The summed E-state index contributed by atoms with van der Waals surface area (Å²) < 4.78 is 33.3. The Hall–Kier alpha value is -0.470. The lowest BCUT2D eigenvalue weighted by Gasteiger charge is -2.32. The normalized spacial score (nSPS) is 21.0. The molecule has 0 spiro atoms. The molecule has 1 aromatic rings. The van der Waals surface area contributed by atoms with Gasteiger partial charge in [-0.25, -0.2) is 13.1 Å². The average molecular weight is 363 g/mol. The second-order valence-corrected chi connectivity index (χ2v) is 7.37. The fourth-order valence-corrected chi connectivity index (χ4v) is 3.42. The Labute approximate surface area is 128 Å². The van der Waals surface area contributed by atoms with Crippen molar-refractivity contribution in [3.05, 3.63) is 28.7 Å². The summed E-state index contributed by atoms with van der Waals surface area (Å²) in [6, 6.07) is 6.58. The van der Waals surface area contributed by atoms with Crippen molar-refractivity contribution < 1.29 is 13.2 Å². The second-order valence-electron chi connectivity index (χ2n) is 4.69. The van der Waals surface area contributed by atoms with Crippen LogP contribution in [0.2, 0.25) is 0 Å². The van der Waals surface area contributed by atoms with Crippen LogP contribution in [-0.2, 0) is 14.8 Å². The number of hydrogen-bond acceptors (Lipinski definition) is 4. The van der Waals surface area contributed by atoms with E-state index in [0.29, 0.717) is 13.2 Å². The molecule has 1 aliphatic heterocycles. The van der Waals surface area contributed by atoms with Gasteiger partial charge in [0, 0.05) is 24.1 Å². The van der Waals surface area contributed by atoms with Gasteiger partial charge in [0.15, 0.2) is 0 Å². The Morgan fingerprint density at radius 2 is 2.10 bits per heavy atom. The molecule has 5 nitrogen and oxygen atoms in total. The predicted octanol–water partition coefficient (Wildman–Crippen LogP) is 1.45. The number of nitrogens with one attached hydrogen (secondary N) is 1. The molecular weight excluding hydrogens is 344 g/mol. The molecule has 20 heavy (non-hydrogen) atoms. The van der Waals surface area contributed by atoms with Gasteiger partial charge < -0.3 is 4.74 Å². The van der Waals surface area contributed by atoms with Gasteiger partial charge in [-0.3, -0.25) is 4.90 Å². The van der Waals surface area contributed by atoms with Crippen molar-refractivity contribution in [3.8, 4) is 0 Å². The van der Waals surface area contributed by atoms with E-state index in [1.54, 1.807) is 24.3 Å². The minimum absolute atomic E-state index is 0.0890. The van der Waals surface area contributed by atoms with E-state index in [0.717, 1.165) is 24.1 Å². The van der Waals surface area contributed by atoms with E-state index in [9.17, 15) is 8.42 Å². The molecule has 112 valence electrons. The summed E-state index contributed by atoms with van der Waals surface area (Å²) in [6.45, 7) is 5.67. The van der Waals surface area contributed by atoms with Crippen LogP contribution in [0.1, 0.15) is 6.92 Å². The van der Waals surface area contributed by atoms with E-state index >= 15 is 0 Å². The molecule has 0 aliphatic carbocycles. The molecule has 0 bridgehead atoms. The topological polar surface area (TPSA) is 58.6 Å². The number of benzene rings is 1. The molecule has 0 saturated carbocycles. The van der Waals surface area contributed by atoms with Gasteiger partial charge in [-0.15, -0.1) is 0 Å². The maximum atomic E-state index is 12.1. The van der Waals surface area contributed by atoms with Crippen LogP contribution in [0.4, 0.5) is 0 Å². The summed E-state index contributed by atoms with van der Waals surface area (Å²) in [4.78, 5) is 2.52. The Kier molecular flexibility index (Phi) is 5.57. The Balaban J connectivity index is 1.94. The van der Waals surface area contributed by atoms with Gasteiger partial charge in [0.25, 0.3) is 0 Å². The van der Waals surface area contributed by atoms with Crippen LogP contribution in [-0.4, -0.2) is 52.2 Å². The van der Waals surface area contributed by atoms with Crippen LogP contribution in [0, 0.1) is 0 Å². The molecule has 1 N–H and O–H groups in total. The van der Waals surface area contributed by atoms with Crippen molar-refractivity contribution >= 4 is 26.0 Å². The number of hydrogen-bond donors (Lipinski definition) is 1. The molecule has 0 amide bonds. The summed E-state index contributed by atoms with van der Waals surface area (Å²) in [7, 11) is -3.47. The van der Waals surface area contributed by atoms with E-state index in [1.807, 2.05) is 0 Å². The number of nitrogens with zero attached hydrogens (tertiary/aromatic N) is 1. The largest absolute Gasteiger partial charge is 0.374 e. The molecule has 0 radical (unpaired) electrons. The third-order valence-electron chi connectivity index (χ3n) is 3.30. The number of halogens is 1. The molecular formula is C13H19BrN2O3S. The fraction of sp³-hybridized carbons (Fsp3) is 0.538. The van der Waals surface area contributed by atoms with Crippen molar-refractivity contribution in [1.29, 1.82) is 0 Å². The summed E-state index contributed by atoms with van der Waals surface area (Å²) >= 11 is 3.29. The smallest absolute Gasteiger partial charge is 0.240 e. The van der Waals surface area contributed by atoms with Crippen LogP contribution in [0.5, 0.6) is 0 Å². The number of sulfonamides is 1. The van der Waals surface area contributed by atoms with E-state index in [-0.39, 0.29) is 11.0 Å². The second kappa shape index (κ2) is 7.00. The lowest BCUT2D eigenvalue weighted by atomic mass is 10.3. The van der Waals surface area contributed by atoms with Crippen LogP contribution in [0.3, 0.4) is 0 Å². The third-order valence-corrected chi connectivity index (χ3v) is 5.26. The Morgan fingerprint density at radius 1 is 1.40 bits per heavy atom. The minimum atomic E-state index is -3.47. The minimum Gasteiger partial charge on any atom is -0.374 e. The Morgan fingerprint density at radius 3 is 2.75 bits per heavy atom. The summed E-state index contributed by atoms with van der Waals surface area (Å²) in [5.41, 5.74) is 0. The van der Waals surface area contributed by atoms with Crippen LogP contribution in [0.25, 0.3) is 0 Å². The molecule has 1 unspecified atom stereocenters. The molecule has 1 atom stereocenters. The fourth-order valence-electron chi connectivity index (χ4n) is 2.09. The zero-order valence-electron chi connectivity index (χ0n) is 11.4. The van der Waals surface area contributed by atoms with Crippen molar-refractivity contribution in [2.24, 2.45) is 0 Å². The van der Waals surface area contributed by atoms with Crippen molar-refractivity contribution in [2.45, 2.75) is 17.9 Å². The summed E-state index contributed by atoms with van der Waals surface area (Å²) in [6.07, 6.45) is -0.0890. The SMILES string of the molecule is CCN1CCOC(CNS(=O)(=O)c2ccc(Br)cc2)C1. The van der Waals surface area contributed by atoms with E-state index in [1.165, 1.54) is 0 Å². The number of rotatable bonds is 5. The monoisotopic (exact) mass is 362 g/mol. The molecule has 2 rings (SSSR count). The van der Waals surface area contributed by atoms with Crippen molar-refractivity contribution in [3.63, 3.8) is 0 Å². The molecule has 7 heteroatoms. The quantitative estimate of drug-likeness (QED) is 0.860. The highest BCUT2D eigenvalue weighted by Gasteiger charge is 2.22. The van der Waals surface area contributed by atoms with Crippen molar-refractivity contribution in [1.82, 2.24) is 9.62 Å². The van der Waals surface area contributed by atoms with Crippen LogP contribution < -0.4 is 4.72 Å². The summed E-state index contributed by atoms with van der Waals surface area (Å²) in [5, 5.41) is 0. The standard InChI is InChI=1S/C13H19BrN2O3S/c1-2-16-7-8-19-12(10-16)9-15-20(17,18)13-5-3-11(14)4-6-13/h3-6,12,15H,2,7-10H2,1H3. The van der Waals surface area contributed by atoms with Crippen LogP contribution >= 0.6 is 15.9 Å². The zero-order chi connectivity index (χ0) is 14.6. The first-order valence-electron chi connectivity index (χ1n) is 6.60. The first kappa shape index (κ1) is 15.9. The maximum absolute atomic E-state index is 12.1. The molecule has 1 aromatic carbocycles. The van der Waals surface area contributed by atoms with Gasteiger partial charge >= 0.3 is 0 Å². The zero-order valence-corrected chi connectivity index (χ0v) is 13.8. The lowest BCUT2D eigenvalue weighted by molar-refractivity contribution is -0.0229. The van der Waals surface area contributed by atoms with Gasteiger partial charge in [-0.2, -0.15) is 0 Å². The highest BCUT2D eigenvalue weighted by Crippen LogP contribution is 2.14. The van der Waals surface area contributed by atoms with Gasteiger partial charge in [-0.1, -0.05) is 22.9 Å². The highest BCUT2D eigenvalue weighted by atomic mass is 79.9. The van der Waals surface area contributed by atoms with Gasteiger partial charge in [-0.05, 0) is 30.8 Å². The predicted molar refractivity (Wildman–Crippen MR) is 81.2 cm³/mol. The Bertz CT molecular complexity index is 533. The molecule has 0 aromatic heterocycles. The first-order chi connectivity index (χ1) is 9.51. The van der Waals surface area contributed by atoms with Gasteiger partial charge in [0.05, 0.1) is 17.6 Å². The molecule has 1 fully saturated rings. The number of ether oxygens (including phenoxy) is 1.